The average molecular weight is 222 g/mol. The van der Waals surface area contributed by atoms with E-state index in [0.717, 1.165) is 0 Å². The summed E-state index contributed by atoms with van der Waals surface area (Å²) in [4.78, 5) is 0. The highest BCUT2D eigenvalue weighted by molar-refractivity contribution is 8.23. The Morgan fingerprint density at radius 2 is 1.71 bits per heavy atom. The normalized spacial score (nSPS) is 16.8. The van der Waals surface area contributed by atoms with E-state index in [9.17, 15) is 0 Å². The molecule has 1 fully saturated rings. The van der Waals surface area contributed by atoms with Crippen LogP contribution in [0.25, 0.3) is 5.57 Å². The molecule has 1 aliphatic heterocycles. The van der Waals surface area contributed by atoms with Crippen LogP contribution in [-0.4, -0.2) is 11.5 Å². The first kappa shape index (κ1) is 10.2. The molecule has 0 amide bonds. The Morgan fingerprint density at radius 1 is 1.07 bits per heavy atom. The van der Waals surface area contributed by atoms with Gasteiger partial charge in [-0.1, -0.05) is 30.3 Å². The Balaban J connectivity index is 2.25. The topological polar surface area (TPSA) is 0 Å². The van der Waals surface area contributed by atoms with E-state index in [1.807, 2.05) is 23.5 Å². The van der Waals surface area contributed by atoms with Crippen LogP contribution in [0.1, 0.15) is 18.9 Å². The summed E-state index contributed by atoms with van der Waals surface area (Å²) in [6.07, 6.45) is 1.35. The summed E-state index contributed by atoms with van der Waals surface area (Å²) in [7, 11) is 0. The van der Waals surface area contributed by atoms with Crippen molar-refractivity contribution >= 4 is 29.1 Å². The molecule has 0 bridgehead atoms. The Bertz CT molecular complexity index is 319. The Kier molecular flexibility index (Phi) is 3.60. The molecule has 0 spiro atoms. The first-order valence-electron chi connectivity index (χ1n) is 4.90. The molecule has 0 aliphatic carbocycles. The van der Waals surface area contributed by atoms with Crippen LogP contribution in [0.15, 0.2) is 34.6 Å². The molecular weight excluding hydrogens is 208 g/mol. The summed E-state index contributed by atoms with van der Waals surface area (Å²) in [5.41, 5.74) is 2.81. The second-order valence-electron chi connectivity index (χ2n) is 3.33. The van der Waals surface area contributed by atoms with Crippen LogP contribution < -0.4 is 0 Å². The molecule has 0 N–H and O–H groups in total. The van der Waals surface area contributed by atoms with Crippen LogP contribution in [0, 0.1) is 0 Å². The molecule has 1 aromatic carbocycles. The molecule has 0 unspecified atom stereocenters. The molecule has 14 heavy (non-hydrogen) atoms. The van der Waals surface area contributed by atoms with Gasteiger partial charge in [0.2, 0.25) is 0 Å². The highest BCUT2D eigenvalue weighted by Crippen LogP contribution is 2.39. The SMILES string of the molecule is CC(=C1SCCCS1)c1ccccc1. The fraction of sp³-hybridized carbons (Fsp3) is 0.333. The highest BCUT2D eigenvalue weighted by atomic mass is 32.2. The maximum Gasteiger partial charge on any atom is 0.0436 e. The molecule has 1 aliphatic rings. The fourth-order valence-electron chi connectivity index (χ4n) is 1.45. The van der Waals surface area contributed by atoms with E-state index < -0.39 is 0 Å². The van der Waals surface area contributed by atoms with E-state index in [-0.39, 0.29) is 0 Å². The minimum absolute atomic E-state index is 1.28. The Hall–Kier alpha value is -0.340. The number of allylic oxidation sites excluding steroid dienone is 1. The van der Waals surface area contributed by atoms with Gasteiger partial charge in [-0.2, -0.15) is 0 Å². The zero-order chi connectivity index (χ0) is 9.80. The molecule has 0 saturated carbocycles. The molecule has 0 nitrogen and oxygen atoms in total. The van der Waals surface area contributed by atoms with E-state index in [0.29, 0.717) is 0 Å². The van der Waals surface area contributed by atoms with Crippen molar-refractivity contribution in [3.63, 3.8) is 0 Å². The molecule has 0 aromatic heterocycles. The predicted molar refractivity (Wildman–Crippen MR) is 68.6 cm³/mol. The van der Waals surface area contributed by atoms with Crippen molar-refractivity contribution in [1.29, 1.82) is 0 Å². The van der Waals surface area contributed by atoms with Gasteiger partial charge in [0.15, 0.2) is 0 Å². The van der Waals surface area contributed by atoms with Gasteiger partial charge in [-0.25, -0.2) is 0 Å². The summed E-state index contributed by atoms with van der Waals surface area (Å²) >= 11 is 4.02. The molecule has 0 radical (unpaired) electrons. The molecular formula is C12H14S2. The van der Waals surface area contributed by atoms with Gasteiger partial charge in [0.25, 0.3) is 0 Å². The van der Waals surface area contributed by atoms with Crippen molar-refractivity contribution in [2.24, 2.45) is 0 Å². The summed E-state index contributed by atoms with van der Waals surface area (Å²) in [6.45, 7) is 2.23. The van der Waals surface area contributed by atoms with Crippen LogP contribution >= 0.6 is 23.5 Å². The van der Waals surface area contributed by atoms with Crippen LogP contribution in [0.2, 0.25) is 0 Å². The third kappa shape index (κ3) is 2.37. The molecule has 1 heterocycles. The zero-order valence-electron chi connectivity index (χ0n) is 8.32. The van der Waals surface area contributed by atoms with Gasteiger partial charge in [-0.05, 0) is 36.0 Å². The number of benzene rings is 1. The van der Waals surface area contributed by atoms with Crippen molar-refractivity contribution in [1.82, 2.24) is 0 Å². The third-order valence-corrected chi connectivity index (χ3v) is 5.10. The minimum Gasteiger partial charge on any atom is -0.119 e. The van der Waals surface area contributed by atoms with Gasteiger partial charge in [0, 0.05) is 4.24 Å². The molecule has 2 rings (SSSR count). The van der Waals surface area contributed by atoms with Crippen molar-refractivity contribution in [3.8, 4) is 0 Å². The molecule has 1 aromatic rings. The molecule has 74 valence electrons. The van der Waals surface area contributed by atoms with Crippen molar-refractivity contribution < 1.29 is 0 Å². The summed E-state index contributed by atoms with van der Waals surface area (Å²) in [6, 6.07) is 10.7. The average Bonchev–Trinajstić information content (AvgIpc) is 2.30. The first-order chi connectivity index (χ1) is 6.88. The van der Waals surface area contributed by atoms with Gasteiger partial charge in [-0.15, -0.1) is 23.5 Å². The Labute approximate surface area is 94.2 Å². The zero-order valence-corrected chi connectivity index (χ0v) is 9.96. The van der Waals surface area contributed by atoms with E-state index in [4.69, 9.17) is 0 Å². The van der Waals surface area contributed by atoms with E-state index in [1.54, 1.807) is 0 Å². The summed E-state index contributed by atoms with van der Waals surface area (Å²) < 4.78 is 1.52. The lowest BCUT2D eigenvalue weighted by molar-refractivity contribution is 1.12. The second-order valence-corrected chi connectivity index (χ2v) is 5.80. The molecule has 0 atom stereocenters. The van der Waals surface area contributed by atoms with Gasteiger partial charge >= 0.3 is 0 Å². The lowest BCUT2D eigenvalue weighted by Crippen LogP contribution is -1.94. The van der Waals surface area contributed by atoms with E-state index in [1.165, 1.54) is 33.3 Å². The molecule has 2 heteroatoms. The number of hydrogen-bond acceptors (Lipinski definition) is 2. The van der Waals surface area contributed by atoms with Gasteiger partial charge < -0.3 is 0 Å². The lowest BCUT2D eigenvalue weighted by Gasteiger charge is -2.16. The van der Waals surface area contributed by atoms with E-state index >= 15 is 0 Å². The van der Waals surface area contributed by atoms with E-state index in [2.05, 4.69) is 37.3 Å². The summed E-state index contributed by atoms with van der Waals surface area (Å²) in [5.74, 6) is 2.57. The van der Waals surface area contributed by atoms with Crippen LogP contribution in [0.3, 0.4) is 0 Å². The number of rotatable bonds is 1. The fourth-order valence-corrected chi connectivity index (χ4v) is 4.09. The lowest BCUT2D eigenvalue weighted by atomic mass is 10.1. The van der Waals surface area contributed by atoms with Crippen LogP contribution in [0.4, 0.5) is 0 Å². The predicted octanol–water partition coefficient (Wildman–Crippen LogP) is 4.25. The molecule has 1 saturated heterocycles. The van der Waals surface area contributed by atoms with Gasteiger partial charge in [0.1, 0.15) is 0 Å². The number of hydrogen-bond donors (Lipinski definition) is 0. The summed E-state index contributed by atoms with van der Waals surface area (Å²) in [5, 5.41) is 0. The maximum atomic E-state index is 2.23. The monoisotopic (exact) mass is 222 g/mol. The smallest absolute Gasteiger partial charge is 0.0436 e. The number of thioether (sulfide) groups is 2. The Morgan fingerprint density at radius 3 is 2.36 bits per heavy atom. The minimum atomic E-state index is 1.28. The van der Waals surface area contributed by atoms with Crippen molar-refractivity contribution in [3.05, 3.63) is 40.1 Å². The first-order valence-corrected chi connectivity index (χ1v) is 6.87. The standard InChI is InChI=1S/C12H14S2/c1-10(11-6-3-2-4-7-11)12-13-8-5-9-14-12/h2-4,6-7H,5,8-9H2,1H3. The van der Waals surface area contributed by atoms with Crippen molar-refractivity contribution in [2.75, 3.05) is 11.5 Å². The highest BCUT2D eigenvalue weighted by Gasteiger charge is 2.10. The van der Waals surface area contributed by atoms with Crippen LogP contribution in [-0.2, 0) is 0 Å². The maximum absolute atomic E-state index is 2.23. The second kappa shape index (κ2) is 4.94. The van der Waals surface area contributed by atoms with Crippen molar-refractivity contribution in [2.45, 2.75) is 13.3 Å². The third-order valence-electron chi connectivity index (χ3n) is 2.27. The van der Waals surface area contributed by atoms with Gasteiger partial charge in [-0.3, -0.25) is 0 Å². The largest absolute Gasteiger partial charge is 0.119 e. The van der Waals surface area contributed by atoms with Crippen LogP contribution in [0.5, 0.6) is 0 Å². The van der Waals surface area contributed by atoms with Gasteiger partial charge in [0.05, 0.1) is 0 Å². The quantitative estimate of drug-likeness (QED) is 0.697.